The minimum Gasteiger partial charge on any atom is -0.325 e. The van der Waals surface area contributed by atoms with Crippen molar-refractivity contribution in [1.29, 1.82) is 0 Å². The number of nitrogens with zero attached hydrogens (tertiary/aromatic N) is 2. The van der Waals surface area contributed by atoms with Crippen molar-refractivity contribution in [2.45, 2.75) is 18.4 Å². The zero-order valence-corrected chi connectivity index (χ0v) is 9.55. The van der Waals surface area contributed by atoms with E-state index in [1.54, 1.807) is 0 Å². The normalized spacial score (nSPS) is 31.6. The number of hydrazine groups is 1. The summed E-state index contributed by atoms with van der Waals surface area (Å²) < 4.78 is 0. The summed E-state index contributed by atoms with van der Waals surface area (Å²) in [5.41, 5.74) is 7.47. The van der Waals surface area contributed by atoms with Gasteiger partial charge in [0.25, 0.3) is 0 Å². The van der Waals surface area contributed by atoms with Crippen LogP contribution in [0.15, 0.2) is 30.3 Å². The van der Waals surface area contributed by atoms with Crippen molar-refractivity contribution >= 4 is 0 Å². The van der Waals surface area contributed by atoms with E-state index < -0.39 is 0 Å². The Morgan fingerprint density at radius 2 is 1.75 bits per heavy atom. The van der Waals surface area contributed by atoms with Crippen molar-refractivity contribution in [1.82, 2.24) is 10.0 Å². The van der Waals surface area contributed by atoms with Crippen LogP contribution >= 0.6 is 0 Å². The van der Waals surface area contributed by atoms with Gasteiger partial charge in [-0.1, -0.05) is 30.3 Å². The Bertz CT molecular complexity index is 351. The number of nitrogens with two attached hydrogens (primary N) is 1. The Balaban J connectivity index is 1.72. The summed E-state index contributed by atoms with van der Waals surface area (Å²) in [5, 5.41) is 4.86. The maximum absolute atomic E-state index is 6.00. The van der Waals surface area contributed by atoms with Gasteiger partial charge in [0.05, 0.1) is 0 Å². The molecule has 2 heterocycles. The third-order valence-corrected chi connectivity index (χ3v) is 3.73. The van der Waals surface area contributed by atoms with Gasteiger partial charge in [-0.05, 0) is 17.9 Å². The fourth-order valence-corrected chi connectivity index (χ4v) is 2.90. The van der Waals surface area contributed by atoms with E-state index in [2.05, 4.69) is 40.3 Å². The van der Waals surface area contributed by atoms with Gasteiger partial charge in [-0.3, -0.25) is 0 Å². The van der Waals surface area contributed by atoms with Crippen LogP contribution in [0.3, 0.4) is 0 Å². The predicted molar refractivity (Wildman–Crippen MR) is 64.9 cm³/mol. The van der Waals surface area contributed by atoms with Gasteiger partial charge >= 0.3 is 0 Å². The van der Waals surface area contributed by atoms with Gasteiger partial charge in [0.2, 0.25) is 0 Å². The molecule has 2 aliphatic rings. The van der Waals surface area contributed by atoms with Crippen molar-refractivity contribution < 1.29 is 0 Å². The first kappa shape index (κ1) is 10.3. The average molecular weight is 217 g/mol. The number of rotatable bonds is 1. The van der Waals surface area contributed by atoms with Gasteiger partial charge in [-0.2, -0.15) is 0 Å². The molecule has 0 aliphatic carbocycles. The molecule has 0 spiro atoms. The smallest absolute Gasteiger partial charge is 0.0325 e. The van der Waals surface area contributed by atoms with Crippen molar-refractivity contribution in [2.75, 3.05) is 26.2 Å². The largest absolute Gasteiger partial charge is 0.325 e. The van der Waals surface area contributed by atoms with Crippen LogP contribution in [0, 0.1) is 0 Å². The van der Waals surface area contributed by atoms with Crippen LogP contribution in [0.4, 0.5) is 0 Å². The Kier molecular flexibility index (Phi) is 2.67. The molecular formula is C13H19N3. The van der Waals surface area contributed by atoms with Gasteiger partial charge in [0.15, 0.2) is 0 Å². The van der Waals surface area contributed by atoms with Crippen molar-refractivity contribution in [3.63, 3.8) is 0 Å². The summed E-state index contributed by atoms with van der Waals surface area (Å²) in [5.74, 6) is 0.683. The molecule has 0 saturated carbocycles. The summed E-state index contributed by atoms with van der Waals surface area (Å²) >= 11 is 0. The van der Waals surface area contributed by atoms with Crippen LogP contribution < -0.4 is 5.73 Å². The zero-order valence-electron chi connectivity index (χ0n) is 9.55. The van der Waals surface area contributed by atoms with Crippen LogP contribution in [0.1, 0.15) is 17.9 Å². The van der Waals surface area contributed by atoms with Gasteiger partial charge in [-0.25, -0.2) is 10.0 Å². The molecule has 2 fully saturated rings. The van der Waals surface area contributed by atoms with Crippen LogP contribution in [0.2, 0.25) is 0 Å². The highest BCUT2D eigenvalue weighted by molar-refractivity contribution is 5.20. The molecule has 16 heavy (non-hydrogen) atoms. The lowest BCUT2D eigenvalue weighted by atomic mass is 9.94. The first-order valence-electron chi connectivity index (χ1n) is 6.13. The van der Waals surface area contributed by atoms with Crippen LogP contribution in [0.5, 0.6) is 0 Å². The second-order valence-electron chi connectivity index (χ2n) is 4.94. The molecule has 3 rings (SSSR count). The van der Waals surface area contributed by atoms with E-state index in [9.17, 15) is 0 Å². The zero-order chi connectivity index (χ0) is 11.0. The van der Waals surface area contributed by atoms with Gasteiger partial charge in [0.1, 0.15) is 0 Å². The molecule has 2 aliphatic heterocycles. The highest BCUT2D eigenvalue weighted by Gasteiger charge is 2.33. The van der Waals surface area contributed by atoms with E-state index in [1.165, 1.54) is 12.0 Å². The van der Waals surface area contributed by atoms with E-state index in [0.717, 1.165) is 26.2 Å². The fraction of sp³-hybridized carbons (Fsp3) is 0.538. The third kappa shape index (κ3) is 1.86. The third-order valence-electron chi connectivity index (χ3n) is 3.73. The maximum Gasteiger partial charge on any atom is 0.0325 e. The highest BCUT2D eigenvalue weighted by atomic mass is 15.7. The molecule has 2 unspecified atom stereocenters. The Hall–Kier alpha value is -0.900. The monoisotopic (exact) mass is 217 g/mol. The maximum atomic E-state index is 6.00. The Morgan fingerprint density at radius 1 is 1.00 bits per heavy atom. The molecule has 3 nitrogen and oxygen atoms in total. The van der Waals surface area contributed by atoms with E-state index in [0.29, 0.717) is 12.0 Å². The molecule has 86 valence electrons. The second-order valence-corrected chi connectivity index (χ2v) is 4.94. The van der Waals surface area contributed by atoms with Crippen LogP contribution in [-0.4, -0.2) is 42.2 Å². The lowest BCUT2D eigenvalue weighted by Crippen LogP contribution is -2.44. The van der Waals surface area contributed by atoms with Gasteiger partial charge in [-0.15, -0.1) is 0 Å². The molecule has 0 radical (unpaired) electrons. The van der Waals surface area contributed by atoms with Crippen molar-refractivity contribution in [2.24, 2.45) is 5.73 Å². The minimum absolute atomic E-state index is 0.342. The molecule has 1 aromatic rings. The van der Waals surface area contributed by atoms with Crippen molar-refractivity contribution in [3.05, 3.63) is 35.9 Å². The summed E-state index contributed by atoms with van der Waals surface area (Å²) in [6.45, 7) is 4.37. The topological polar surface area (TPSA) is 32.5 Å². The van der Waals surface area contributed by atoms with Crippen LogP contribution in [-0.2, 0) is 0 Å². The average Bonchev–Trinajstić information content (AvgIpc) is 2.69. The molecule has 2 saturated heterocycles. The van der Waals surface area contributed by atoms with Crippen molar-refractivity contribution in [3.8, 4) is 0 Å². The first-order chi connectivity index (χ1) is 7.83. The van der Waals surface area contributed by atoms with Crippen LogP contribution in [0.25, 0.3) is 0 Å². The number of fused-ring (bicyclic) bond motifs is 1. The minimum atomic E-state index is 0.342. The summed E-state index contributed by atoms with van der Waals surface area (Å²) in [6, 6.07) is 11.2. The fourth-order valence-electron chi connectivity index (χ4n) is 2.90. The summed E-state index contributed by atoms with van der Waals surface area (Å²) in [6.07, 6.45) is 1.26. The molecule has 2 atom stereocenters. The molecule has 3 heteroatoms. The molecule has 0 bridgehead atoms. The number of hydrogen-bond acceptors (Lipinski definition) is 3. The lowest BCUT2D eigenvalue weighted by molar-refractivity contribution is -0.0107. The van der Waals surface area contributed by atoms with Gasteiger partial charge in [0, 0.05) is 32.2 Å². The molecule has 0 amide bonds. The Labute approximate surface area is 96.8 Å². The molecule has 1 aromatic carbocycles. The highest BCUT2D eigenvalue weighted by Crippen LogP contribution is 2.28. The first-order valence-corrected chi connectivity index (χ1v) is 6.13. The summed E-state index contributed by atoms with van der Waals surface area (Å²) in [7, 11) is 0. The number of benzene rings is 1. The van der Waals surface area contributed by atoms with E-state index in [4.69, 9.17) is 5.73 Å². The Morgan fingerprint density at radius 3 is 2.56 bits per heavy atom. The van der Waals surface area contributed by atoms with Gasteiger partial charge < -0.3 is 5.73 Å². The molecule has 2 N–H and O–H groups in total. The molecule has 0 aromatic heterocycles. The SMILES string of the molecule is NC1CN2CCC(c3ccccc3)CN2C1. The predicted octanol–water partition coefficient (Wildman–Crippen LogP) is 1.03. The quantitative estimate of drug-likeness (QED) is 0.762. The second kappa shape index (κ2) is 4.17. The van der Waals surface area contributed by atoms with E-state index >= 15 is 0 Å². The lowest BCUT2D eigenvalue weighted by Gasteiger charge is -2.37. The summed E-state index contributed by atoms with van der Waals surface area (Å²) in [4.78, 5) is 0. The molecular weight excluding hydrogens is 198 g/mol. The standard InChI is InChI=1S/C13H19N3/c14-13-9-15-7-6-12(8-16(15)10-13)11-4-2-1-3-5-11/h1-5,12-13H,6-10,14H2. The van der Waals surface area contributed by atoms with E-state index in [-0.39, 0.29) is 0 Å². The van der Waals surface area contributed by atoms with E-state index in [1.807, 2.05) is 0 Å². The number of hydrogen-bond donors (Lipinski definition) is 1.